The lowest BCUT2D eigenvalue weighted by atomic mass is 10.0. The highest BCUT2D eigenvalue weighted by Gasteiger charge is 2.15. The van der Waals surface area contributed by atoms with Gasteiger partial charge in [0.2, 0.25) is 0 Å². The molecule has 0 radical (unpaired) electrons. The number of aromatic carboxylic acids is 1. The van der Waals surface area contributed by atoms with Gasteiger partial charge in [0, 0.05) is 17.4 Å². The van der Waals surface area contributed by atoms with Gasteiger partial charge in [0.25, 0.3) is 0 Å². The Morgan fingerprint density at radius 3 is 2.50 bits per heavy atom. The molecule has 0 unspecified atom stereocenters. The Morgan fingerprint density at radius 1 is 1.19 bits per heavy atom. The molecule has 0 saturated heterocycles. The minimum atomic E-state index is -1.08. The molecule has 0 aliphatic heterocycles. The van der Waals surface area contributed by atoms with Gasteiger partial charge in [0.15, 0.2) is 5.69 Å². The third kappa shape index (κ3) is 1.72. The minimum absolute atomic E-state index is 0.0220. The average molecular weight is 214 g/mol. The van der Waals surface area contributed by atoms with E-state index in [2.05, 4.69) is 4.98 Å². The van der Waals surface area contributed by atoms with Crippen molar-refractivity contribution in [2.45, 2.75) is 0 Å². The van der Waals surface area contributed by atoms with Gasteiger partial charge >= 0.3 is 5.97 Å². The highest BCUT2D eigenvalue weighted by molar-refractivity contribution is 5.97. The van der Waals surface area contributed by atoms with Crippen LogP contribution < -0.4 is 5.73 Å². The Morgan fingerprint density at radius 2 is 1.88 bits per heavy atom. The molecule has 0 atom stereocenters. The van der Waals surface area contributed by atoms with Crippen LogP contribution in [0.2, 0.25) is 0 Å². The van der Waals surface area contributed by atoms with E-state index in [0.29, 0.717) is 11.3 Å². The predicted octanol–water partition coefficient (Wildman–Crippen LogP) is 2.03. The van der Waals surface area contributed by atoms with Crippen molar-refractivity contribution in [3.63, 3.8) is 0 Å². The van der Waals surface area contributed by atoms with Gasteiger partial charge in [-0.3, -0.25) is 0 Å². The molecule has 0 saturated carbocycles. The van der Waals surface area contributed by atoms with Crippen LogP contribution in [0.1, 0.15) is 10.5 Å². The number of hydrogen-bond acceptors (Lipinski definition) is 3. The van der Waals surface area contributed by atoms with Crippen molar-refractivity contribution >= 4 is 11.7 Å². The van der Waals surface area contributed by atoms with Gasteiger partial charge in [0.1, 0.15) is 0 Å². The molecule has 2 aromatic rings. The zero-order chi connectivity index (χ0) is 11.5. The van der Waals surface area contributed by atoms with E-state index < -0.39 is 5.97 Å². The normalized spacial score (nSPS) is 10.0. The fraction of sp³-hybridized carbons (Fsp3) is 0. The molecule has 4 heteroatoms. The molecule has 80 valence electrons. The quantitative estimate of drug-likeness (QED) is 0.801. The van der Waals surface area contributed by atoms with Crippen LogP contribution in [0.25, 0.3) is 11.1 Å². The Kier molecular flexibility index (Phi) is 2.55. The molecule has 0 aliphatic rings. The van der Waals surface area contributed by atoms with Gasteiger partial charge in [-0.1, -0.05) is 30.3 Å². The van der Waals surface area contributed by atoms with E-state index >= 15 is 0 Å². The van der Waals surface area contributed by atoms with E-state index in [1.54, 1.807) is 18.2 Å². The SMILES string of the molecule is Nc1ccnc(C(=O)O)c1-c1ccccc1. The Balaban J connectivity index is 2.68. The van der Waals surface area contributed by atoms with Crippen LogP contribution in [-0.2, 0) is 0 Å². The van der Waals surface area contributed by atoms with Crippen molar-refractivity contribution in [3.05, 3.63) is 48.3 Å². The first-order valence-corrected chi connectivity index (χ1v) is 4.73. The molecule has 4 nitrogen and oxygen atoms in total. The molecular formula is C12H10N2O2. The summed E-state index contributed by atoms with van der Waals surface area (Å²) in [5.41, 5.74) is 7.40. The number of carboxylic acid groups (broad SMARTS) is 1. The number of pyridine rings is 1. The standard InChI is InChI=1S/C12H10N2O2/c13-9-6-7-14-11(12(15)16)10(9)8-4-2-1-3-5-8/h1-7H,(H2,13,14)(H,15,16). The molecule has 0 fully saturated rings. The Bertz CT molecular complexity index is 524. The summed E-state index contributed by atoms with van der Waals surface area (Å²) in [4.78, 5) is 14.9. The molecular weight excluding hydrogens is 204 g/mol. The fourth-order valence-electron chi connectivity index (χ4n) is 1.55. The summed E-state index contributed by atoms with van der Waals surface area (Å²) in [6.07, 6.45) is 1.39. The molecule has 2 rings (SSSR count). The minimum Gasteiger partial charge on any atom is -0.476 e. The average Bonchev–Trinajstić information content (AvgIpc) is 2.29. The lowest BCUT2D eigenvalue weighted by Crippen LogP contribution is -2.05. The van der Waals surface area contributed by atoms with Crippen molar-refractivity contribution in [1.29, 1.82) is 0 Å². The van der Waals surface area contributed by atoms with E-state index in [1.165, 1.54) is 6.20 Å². The van der Waals surface area contributed by atoms with E-state index in [1.807, 2.05) is 18.2 Å². The highest BCUT2D eigenvalue weighted by atomic mass is 16.4. The summed E-state index contributed by atoms with van der Waals surface area (Å²) in [5.74, 6) is -1.08. The summed E-state index contributed by atoms with van der Waals surface area (Å²) in [7, 11) is 0. The van der Waals surface area contributed by atoms with E-state index in [-0.39, 0.29) is 5.69 Å². The number of nitrogens with zero attached hydrogens (tertiary/aromatic N) is 1. The zero-order valence-corrected chi connectivity index (χ0v) is 8.42. The molecule has 1 heterocycles. The van der Waals surface area contributed by atoms with Crippen LogP contribution in [0.4, 0.5) is 5.69 Å². The zero-order valence-electron chi connectivity index (χ0n) is 8.42. The van der Waals surface area contributed by atoms with Gasteiger partial charge in [-0.15, -0.1) is 0 Å². The maximum Gasteiger partial charge on any atom is 0.355 e. The monoisotopic (exact) mass is 214 g/mol. The summed E-state index contributed by atoms with van der Waals surface area (Å²) in [6.45, 7) is 0. The summed E-state index contributed by atoms with van der Waals surface area (Å²) < 4.78 is 0. The van der Waals surface area contributed by atoms with Crippen LogP contribution in [0, 0.1) is 0 Å². The van der Waals surface area contributed by atoms with Crippen LogP contribution >= 0.6 is 0 Å². The molecule has 1 aromatic carbocycles. The number of carbonyl (C=O) groups is 1. The van der Waals surface area contributed by atoms with Crippen LogP contribution in [0.3, 0.4) is 0 Å². The maximum atomic E-state index is 11.0. The first kappa shape index (κ1) is 10.2. The fourth-order valence-corrected chi connectivity index (χ4v) is 1.55. The number of rotatable bonds is 2. The molecule has 1 aromatic heterocycles. The van der Waals surface area contributed by atoms with Gasteiger partial charge in [-0.25, -0.2) is 9.78 Å². The van der Waals surface area contributed by atoms with Gasteiger partial charge in [0.05, 0.1) is 0 Å². The largest absolute Gasteiger partial charge is 0.476 e. The van der Waals surface area contributed by atoms with E-state index in [0.717, 1.165) is 5.56 Å². The van der Waals surface area contributed by atoms with Crippen LogP contribution in [0.5, 0.6) is 0 Å². The number of anilines is 1. The second-order valence-electron chi connectivity index (χ2n) is 3.29. The van der Waals surface area contributed by atoms with Crippen molar-refractivity contribution in [1.82, 2.24) is 4.98 Å². The molecule has 0 spiro atoms. The van der Waals surface area contributed by atoms with E-state index in [9.17, 15) is 4.79 Å². The lowest BCUT2D eigenvalue weighted by Gasteiger charge is -2.08. The summed E-state index contributed by atoms with van der Waals surface area (Å²) in [6, 6.07) is 10.7. The van der Waals surface area contributed by atoms with Gasteiger partial charge in [-0.05, 0) is 11.6 Å². The summed E-state index contributed by atoms with van der Waals surface area (Å²) in [5, 5.41) is 9.03. The Labute approximate surface area is 92.4 Å². The number of nitrogens with two attached hydrogens (primary N) is 1. The Hall–Kier alpha value is -2.36. The topological polar surface area (TPSA) is 76.2 Å². The smallest absolute Gasteiger partial charge is 0.355 e. The number of hydrogen-bond donors (Lipinski definition) is 2. The number of aromatic nitrogens is 1. The second kappa shape index (κ2) is 4.02. The summed E-state index contributed by atoms with van der Waals surface area (Å²) >= 11 is 0. The first-order valence-electron chi connectivity index (χ1n) is 4.73. The lowest BCUT2D eigenvalue weighted by molar-refractivity contribution is 0.0691. The van der Waals surface area contributed by atoms with Crippen LogP contribution in [-0.4, -0.2) is 16.1 Å². The van der Waals surface area contributed by atoms with Gasteiger partial charge in [-0.2, -0.15) is 0 Å². The molecule has 0 aliphatic carbocycles. The maximum absolute atomic E-state index is 11.0. The molecule has 16 heavy (non-hydrogen) atoms. The third-order valence-corrected chi connectivity index (χ3v) is 2.25. The molecule has 3 N–H and O–H groups in total. The van der Waals surface area contributed by atoms with Crippen LogP contribution in [0.15, 0.2) is 42.6 Å². The first-order chi connectivity index (χ1) is 7.70. The van der Waals surface area contributed by atoms with Crippen molar-refractivity contribution in [3.8, 4) is 11.1 Å². The molecule has 0 bridgehead atoms. The van der Waals surface area contributed by atoms with Crippen molar-refractivity contribution in [2.75, 3.05) is 5.73 Å². The van der Waals surface area contributed by atoms with Gasteiger partial charge < -0.3 is 10.8 Å². The third-order valence-electron chi connectivity index (χ3n) is 2.25. The van der Waals surface area contributed by atoms with E-state index in [4.69, 9.17) is 10.8 Å². The number of benzene rings is 1. The van der Waals surface area contributed by atoms with Crippen molar-refractivity contribution in [2.24, 2.45) is 0 Å². The predicted molar refractivity (Wildman–Crippen MR) is 61.0 cm³/mol. The van der Waals surface area contributed by atoms with Crippen molar-refractivity contribution < 1.29 is 9.90 Å². The molecule has 0 amide bonds. The highest BCUT2D eigenvalue weighted by Crippen LogP contribution is 2.27. The number of carboxylic acids is 1. The second-order valence-corrected chi connectivity index (χ2v) is 3.29. The number of nitrogen functional groups attached to an aromatic ring is 1.